The Labute approximate surface area is 228 Å². The molecule has 0 saturated carbocycles. The maximum absolute atomic E-state index is 13.3. The van der Waals surface area contributed by atoms with Crippen molar-refractivity contribution >= 4 is 34.9 Å². The van der Waals surface area contributed by atoms with E-state index >= 15 is 0 Å². The molecule has 4 rings (SSSR count). The van der Waals surface area contributed by atoms with Crippen molar-refractivity contribution < 1.29 is 4.79 Å². The minimum atomic E-state index is -0.281. The number of hydrogen-bond donors (Lipinski definition) is 1. The molecule has 208 valence electrons. The largest absolute Gasteiger partial charge is 0.321 e. The third-order valence-corrected chi connectivity index (χ3v) is 6.83. The van der Waals surface area contributed by atoms with E-state index in [0.29, 0.717) is 41.3 Å². The average Bonchev–Trinajstić information content (AvgIpc) is 3.49. The summed E-state index contributed by atoms with van der Waals surface area (Å²) < 4.78 is 5.07. The van der Waals surface area contributed by atoms with Gasteiger partial charge in [0.1, 0.15) is 5.39 Å². The van der Waals surface area contributed by atoms with Crippen LogP contribution in [-0.4, -0.2) is 76.4 Å². The zero-order valence-electron chi connectivity index (χ0n) is 23.4. The normalized spacial score (nSPS) is 15.6. The lowest BCUT2D eigenvalue weighted by Gasteiger charge is -2.34. The summed E-state index contributed by atoms with van der Waals surface area (Å²) in [5.74, 6) is 0.676. The van der Waals surface area contributed by atoms with Gasteiger partial charge in [-0.3, -0.25) is 14.3 Å². The number of aromatic nitrogens is 6. The first-order chi connectivity index (χ1) is 18.8. The Kier molecular flexibility index (Phi) is 8.75. The number of amides is 1. The number of carbonyl (C=O) groups is 1. The monoisotopic (exact) mass is 534 g/mol. The van der Waals surface area contributed by atoms with Crippen molar-refractivity contribution in [3.05, 3.63) is 53.8 Å². The number of piperidine rings is 1. The molecule has 0 aliphatic carbocycles. The molecule has 12 nitrogen and oxygen atoms in total. The van der Waals surface area contributed by atoms with Crippen LogP contribution < -0.4 is 10.9 Å². The number of carbonyl (C=O) groups excluding carboxylic acids is 1. The maximum atomic E-state index is 13.3. The van der Waals surface area contributed by atoms with Crippen LogP contribution in [0.1, 0.15) is 53.5 Å². The Balaban J connectivity index is 1.69. The first kappa shape index (κ1) is 28.0. The molecule has 0 radical (unpaired) electrons. The molecule has 1 aliphatic rings. The lowest BCUT2D eigenvalue weighted by molar-refractivity contribution is -0.119. The zero-order valence-corrected chi connectivity index (χ0v) is 23.4. The van der Waals surface area contributed by atoms with Crippen LogP contribution in [0.3, 0.4) is 0 Å². The molecular weight excluding hydrogens is 496 g/mol. The number of anilines is 2. The van der Waals surface area contributed by atoms with Gasteiger partial charge in [-0.15, -0.1) is 6.58 Å². The number of allylic oxidation sites excluding steroid dienone is 3. The topological polar surface area (TPSA) is 118 Å². The van der Waals surface area contributed by atoms with Crippen molar-refractivity contribution in [1.29, 1.82) is 0 Å². The molecule has 0 atom stereocenters. The molecule has 3 aromatic heterocycles. The molecule has 1 N–H and O–H groups in total. The van der Waals surface area contributed by atoms with Crippen LogP contribution in [0.5, 0.6) is 0 Å². The van der Waals surface area contributed by atoms with E-state index in [2.05, 4.69) is 50.8 Å². The maximum Gasteiger partial charge on any atom is 0.278 e. The fraction of sp³-hybridized carbons (Fsp3) is 0.481. The smallest absolute Gasteiger partial charge is 0.278 e. The van der Waals surface area contributed by atoms with E-state index in [4.69, 9.17) is 0 Å². The summed E-state index contributed by atoms with van der Waals surface area (Å²) in [6, 6.07) is 0.723. The number of nitrogens with zero attached hydrogens (tertiary/aromatic N) is 9. The molecule has 1 aliphatic heterocycles. The Morgan fingerprint density at radius 1 is 1.26 bits per heavy atom. The minimum Gasteiger partial charge on any atom is -0.321 e. The average molecular weight is 535 g/mol. The van der Waals surface area contributed by atoms with Crippen molar-refractivity contribution in [3.63, 3.8) is 0 Å². The second-order valence-corrected chi connectivity index (χ2v) is 10.2. The fourth-order valence-corrected chi connectivity index (χ4v) is 4.68. The minimum absolute atomic E-state index is 0.176. The highest BCUT2D eigenvalue weighted by atomic mass is 16.1. The van der Waals surface area contributed by atoms with Crippen molar-refractivity contribution in [2.75, 3.05) is 18.4 Å². The van der Waals surface area contributed by atoms with E-state index in [9.17, 15) is 9.59 Å². The molecule has 1 fully saturated rings. The van der Waals surface area contributed by atoms with Crippen molar-refractivity contribution in [1.82, 2.24) is 39.0 Å². The molecule has 1 amide bonds. The standard InChI is InChI=1S/C27H38N10O2/c1-7-9-24(32-35(18-38)20(5)6)37-25-23(26(39)36(37)12-8-2)16-28-27(31-25)30-21-15-29-34(17-21)22-10-13-33(14-11-22)19(3)4/h7-9,15-20,22H,2,10-14H2,1,3-6H3,(H,28,30,31)/b9-7-,32-24+. The van der Waals surface area contributed by atoms with Gasteiger partial charge < -0.3 is 10.2 Å². The third-order valence-electron chi connectivity index (χ3n) is 6.83. The molecule has 4 heterocycles. The van der Waals surface area contributed by atoms with E-state index in [-0.39, 0.29) is 18.1 Å². The molecule has 12 heteroatoms. The number of hydrazone groups is 1. The zero-order chi connectivity index (χ0) is 28.1. The van der Waals surface area contributed by atoms with Gasteiger partial charge in [0, 0.05) is 37.6 Å². The Morgan fingerprint density at radius 2 is 2.00 bits per heavy atom. The molecule has 1 saturated heterocycles. The Morgan fingerprint density at radius 3 is 2.62 bits per heavy atom. The Bertz CT molecular complexity index is 1420. The quantitative estimate of drug-likeness (QED) is 0.139. The number of hydrogen-bond acceptors (Lipinski definition) is 8. The third kappa shape index (κ3) is 6.00. The van der Waals surface area contributed by atoms with Gasteiger partial charge in [-0.1, -0.05) is 12.2 Å². The summed E-state index contributed by atoms with van der Waals surface area (Å²) in [7, 11) is 0. The molecular formula is C27H38N10O2. The predicted molar refractivity (Wildman–Crippen MR) is 153 cm³/mol. The summed E-state index contributed by atoms with van der Waals surface area (Å²) in [6.45, 7) is 16.1. The molecule has 0 unspecified atom stereocenters. The van der Waals surface area contributed by atoms with Gasteiger partial charge >= 0.3 is 0 Å². The van der Waals surface area contributed by atoms with Crippen LogP contribution in [0.4, 0.5) is 11.6 Å². The van der Waals surface area contributed by atoms with Gasteiger partial charge in [0.25, 0.3) is 5.56 Å². The molecule has 3 aromatic rings. The van der Waals surface area contributed by atoms with E-state index in [1.165, 1.54) is 15.9 Å². The number of nitrogens with one attached hydrogen (secondary N) is 1. The summed E-state index contributed by atoms with van der Waals surface area (Å²) in [4.78, 5) is 36.5. The molecule has 0 aromatic carbocycles. The number of likely N-dealkylation sites (tertiary alicyclic amines) is 1. The van der Waals surface area contributed by atoms with Crippen LogP contribution in [-0.2, 0) is 11.3 Å². The van der Waals surface area contributed by atoms with Crippen LogP contribution in [0.15, 0.2) is 53.3 Å². The van der Waals surface area contributed by atoms with Gasteiger partial charge in [0.2, 0.25) is 12.4 Å². The van der Waals surface area contributed by atoms with Crippen molar-refractivity contribution in [3.8, 4) is 0 Å². The van der Waals surface area contributed by atoms with Gasteiger partial charge in [-0.25, -0.2) is 19.4 Å². The number of rotatable bonds is 10. The summed E-state index contributed by atoms with van der Waals surface area (Å²) in [6.07, 6.45) is 13.1. The lowest BCUT2D eigenvalue weighted by Crippen LogP contribution is -2.39. The van der Waals surface area contributed by atoms with Crippen LogP contribution in [0.25, 0.3) is 11.0 Å². The second-order valence-electron chi connectivity index (χ2n) is 10.2. The summed E-state index contributed by atoms with van der Waals surface area (Å²) in [5.41, 5.74) is 0.838. The van der Waals surface area contributed by atoms with Crippen LogP contribution in [0.2, 0.25) is 0 Å². The van der Waals surface area contributed by atoms with E-state index in [0.717, 1.165) is 31.6 Å². The lowest BCUT2D eigenvalue weighted by atomic mass is 10.0. The number of fused-ring (bicyclic) bond motifs is 1. The SMILES string of the molecule is C=CCn1c(=O)c2cnc(Nc3cnn(C4CCN(C(C)C)CC4)c3)nc2n1C(/C=C\C)=N/N(C=O)C(C)C. The van der Waals surface area contributed by atoms with Crippen LogP contribution >= 0.6 is 0 Å². The summed E-state index contributed by atoms with van der Waals surface area (Å²) >= 11 is 0. The van der Waals surface area contributed by atoms with E-state index in [1.54, 1.807) is 29.1 Å². The Hall–Kier alpha value is -4.06. The van der Waals surface area contributed by atoms with Gasteiger partial charge in [-0.05, 0) is 53.5 Å². The van der Waals surface area contributed by atoms with Gasteiger partial charge in [-0.2, -0.15) is 15.2 Å². The first-order valence-corrected chi connectivity index (χ1v) is 13.4. The second kappa shape index (κ2) is 12.2. The van der Waals surface area contributed by atoms with E-state index < -0.39 is 0 Å². The van der Waals surface area contributed by atoms with Gasteiger partial charge in [0.15, 0.2) is 11.5 Å². The molecule has 0 bridgehead atoms. The molecule has 39 heavy (non-hydrogen) atoms. The highest BCUT2D eigenvalue weighted by Gasteiger charge is 2.23. The fourth-order valence-electron chi connectivity index (χ4n) is 4.68. The van der Waals surface area contributed by atoms with Crippen molar-refractivity contribution in [2.45, 2.75) is 72.1 Å². The predicted octanol–water partition coefficient (Wildman–Crippen LogP) is 3.37. The van der Waals surface area contributed by atoms with E-state index in [1.807, 2.05) is 31.6 Å². The summed E-state index contributed by atoms with van der Waals surface area (Å²) in [5, 5.41) is 13.9. The molecule has 0 spiro atoms. The first-order valence-electron chi connectivity index (χ1n) is 13.4. The van der Waals surface area contributed by atoms with Gasteiger partial charge in [0.05, 0.1) is 24.5 Å². The van der Waals surface area contributed by atoms with Crippen LogP contribution in [0, 0.1) is 0 Å². The highest BCUT2D eigenvalue weighted by molar-refractivity contribution is 5.99. The van der Waals surface area contributed by atoms with Crippen molar-refractivity contribution in [2.24, 2.45) is 5.10 Å². The highest BCUT2D eigenvalue weighted by Crippen LogP contribution is 2.25.